The van der Waals surface area contributed by atoms with Gasteiger partial charge in [0.2, 0.25) is 0 Å². The number of methoxy groups -OCH3 is 2. The topological polar surface area (TPSA) is 234 Å². The van der Waals surface area contributed by atoms with Gasteiger partial charge in [0.05, 0.1) is 114 Å². The van der Waals surface area contributed by atoms with Crippen LogP contribution in [0.5, 0.6) is 0 Å². The van der Waals surface area contributed by atoms with Crippen molar-refractivity contribution in [2.24, 2.45) is 0 Å². The van der Waals surface area contributed by atoms with E-state index in [4.69, 9.17) is 56.8 Å². The van der Waals surface area contributed by atoms with E-state index in [0.29, 0.717) is 65.8 Å². The number of ether oxygens (including phenoxy) is 12. The highest BCUT2D eigenvalue weighted by Gasteiger charge is 2.56. The van der Waals surface area contributed by atoms with Gasteiger partial charge >= 0.3 is 0 Å². The molecule has 24 nitrogen and oxygen atoms in total. The first-order valence-corrected chi connectivity index (χ1v) is 20.0. The molecular formula is C36H52N12O12. The van der Waals surface area contributed by atoms with Gasteiger partial charge in [-0.1, -0.05) is 20.9 Å². The first kappa shape index (κ1) is 41.4. The molecule has 0 aliphatic carbocycles. The molecule has 4 aromatic heterocycles. The molecule has 0 amide bonds. The van der Waals surface area contributed by atoms with Crippen molar-refractivity contribution in [3.05, 3.63) is 47.6 Å². The highest BCUT2D eigenvalue weighted by molar-refractivity contribution is 4.99. The lowest BCUT2D eigenvalue weighted by Gasteiger charge is -2.23. The Kier molecular flexibility index (Phi) is 12.1. The third-order valence-corrected chi connectivity index (χ3v) is 10.8. The second-order valence-corrected chi connectivity index (χ2v) is 16.3. The smallest absolute Gasteiger partial charge is 0.186 e. The summed E-state index contributed by atoms with van der Waals surface area (Å²) >= 11 is 0. The minimum Gasteiger partial charge on any atom is -0.372 e. The average Bonchev–Trinajstić information content (AvgIpc) is 4.08. The van der Waals surface area contributed by atoms with E-state index < -0.39 is 24.2 Å². The average molecular weight is 845 g/mol. The van der Waals surface area contributed by atoms with Gasteiger partial charge in [0.1, 0.15) is 48.0 Å². The molecule has 4 saturated heterocycles. The SMILES string of the molecule is CO[C@H]1O[C@@H](COCc2cn(C[C@H]3Cn4nncc4CO3)nn2)[C@@H]2OC(C)(C)O[C@H]12.CO[C@H]1O[C@@H](COCc2cn(C[C@H]3Cn4nncc4CO3)nn2)[C@@H]2OC(C)(C)O[C@H]12. The first-order valence-electron chi connectivity index (χ1n) is 20.0. The third kappa shape index (κ3) is 9.29. The van der Waals surface area contributed by atoms with Crippen LogP contribution >= 0.6 is 0 Å². The van der Waals surface area contributed by atoms with Crippen molar-refractivity contribution in [2.45, 2.75) is 153 Å². The summed E-state index contributed by atoms with van der Waals surface area (Å²) in [5.74, 6) is -1.32. The predicted molar refractivity (Wildman–Crippen MR) is 196 cm³/mol. The molecule has 10 atom stereocenters. The normalized spacial score (nSPS) is 32.3. The summed E-state index contributed by atoms with van der Waals surface area (Å²) < 4.78 is 76.7. The molecular weight excluding hydrogens is 792 g/mol. The van der Waals surface area contributed by atoms with Gasteiger partial charge in [0.25, 0.3) is 0 Å². The lowest BCUT2D eigenvalue weighted by Crippen LogP contribution is -2.33. The van der Waals surface area contributed by atoms with E-state index in [-0.39, 0.29) is 48.8 Å². The highest BCUT2D eigenvalue weighted by atomic mass is 16.8. The summed E-state index contributed by atoms with van der Waals surface area (Å²) in [6, 6.07) is 0. The highest BCUT2D eigenvalue weighted by Crippen LogP contribution is 2.40. The maximum Gasteiger partial charge on any atom is 0.186 e. The molecule has 0 spiro atoms. The van der Waals surface area contributed by atoms with Crippen LogP contribution in [0.4, 0.5) is 0 Å². The lowest BCUT2D eigenvalue weighted by molar-refractivity contribution is -0.232. The van der Waals surface area contributed by atoms with Crippen LogP contribution < -0.4 is 0 Å². The minimum atomic E-state index is -0.662. The number of hydrogen-bond donors (Lipinski definition) is 0. The van der Waals surface area contributed by atoms with Crippen LogP contribution in [-0.4, -0.2) is 160 Å². The third-order valence-electron chi connectivity index (χ3n) is 10.8. The summed E-state index contributed by atoms with van der Waals surface area (Å²) in [4.78, 5) is 0. The first-order chi connectivity index (χ1) is 29.0. The Hall–Kier alpha value is -3.92. The van der Waals surface area contributed by atoms with Gasteiger partial charge in [-0.3, -0.25) is 0 Å². The summed E-state index contributed by atoms with van der Waals surface area (Å²) in [7, 11) is 3.19. The molecule has 4 aromatic rings. The fourth-order valence-electron chi connectivity index (χ4n) is 8.10. The maximum atomic E-state index is 5.96. The van der Waals surface area contributed by atoms with Crippen molar-refractivity contribution in [3.63, 3.8) is 0 Å². The molecule has 0 N–H and O–H groups in total. The van der Waals surface area contributed by atoms with Crippen molar-refractivity contribution in [2.75, 3.05) is 27.4 Å². The van der Waals surface area contributed by atoms with Crippen molar-refractivity contribution in [1.29, 1.82) is 0 Å². The van der Waals surface area contributed by atoms with E-state index >= 15 is 0 Å². The van der Waals surface area contributed by atoms with Gasteiger partial charge in [-0.05, 0) is 27.7 Å². The van der Waals surface area contributed by atoms with E-state index in [1.807, 2.05) is 49.5 Å². The van der Waals surface area contributed by atoms with Gasteiger partial charge in [0, 0.05) is 14.2 Å². The Bertz CT molecular complexity index is 1880. The largest absolute Gasteiger partial charge is 0.372 e. The summed E-state index contributed by atoms with van der Waals surface area (Å²) in [5, 5.41) is 32.6. The molecule has 60 heavy (non-hydrogen) atoms. The Balaban J connectivity index is 0.000000154. The van der Waals surface area contributed by atoms with E-state index in [1.165, 1.54) is 0 Å². The fraction of sp³-hybridized carbons (Fsp3) is 0.778. The van der Waals surface area contributed by atoms with E-state index in [1.54, 1.807) is 36.0 Å². The van der Waals surface area contributed by atoms with Crippen LogP contribution in [-0.2, 0) is 109 Å². The summed E-state index contributed by atoms with van der Waals surface area (Å²) in [5.41, 5.74) is 3.42. The number of nitrogens with zero attached hydrogens (tertiary/aromatic N) is 12. The zero-order chi connectivity index (χ0) is 41.4. The van der Waals surface area contributed by atoms with Crippen LogP contribution in [0.1, 0.15) is 50.5 Å². The second kappa shape index (κ2) is 17.5. The van der Waals surface area contributed by atoms with Crippen molar-refractivity contribution < 1.29 is 56.8 Å². The molecule has 10 rings (SSSR count). The maximum absolute atomic E-state index is 5.96. The monoisotopic (exact) mass is 844 g/mol. The molecule has 24 heteroatoms. The fourth-order valence-corrected chi connectivity index (χ4v) is 8.10. The molecule has 328 valence electrons. The van der Waals surface area contributed by atoms with Crippen LogP contribution in [0.25, 0.3) is 0 Å². The second-order valence-electron chi connectivity index (χ2n) is 16.3. The Labute approximate surface area is 344 Å². The van der Waals surface area contributed by atoms with Crippen molar-refractivity contribution >= 4 is 0 Å². The Morgan fingerprint density at radius 3 is 1.48 bits per heavy atom. The minimum absolute atomic E-state index is 0.0349. The van der Waals surface area contributed by atoms with E-state index in [0.717, 1.165) is 22.8 Å². The summed E-state index contributed by atoms with van der Waals surface area (Å²) in [6.45, 7) is 12.3. The molecule has 6 aliphatic rings. The van der Waals surface area contributed by atoms with Gasteiger partial charge in [0.15, 0.2) is 24.2 Å². The Morgan fingerprint density at radius 1 is 0.617 bits per heavy atom. The number of aromatic nitrogens is 12. The van der Waals surface area contributed by atoms with E-state index in [9.17, 15) is 0 Å². The molecule has 0 aromatic carbocycles. The Morgan fingerprint density at radius 2 is 1.05 bits per heavy atom. The molecule has 0 bridgehead atoms. The van der Waals surface area contributed by atoms with Gasteiger partial charge < -0.3 is 56.8 Å². The molecule has 0 saturated carbocycles. The number of rotatable bonds is 14. The van der Waals surface area contributed by atoms with Crippen molar-refractivity contribution in [3.8, 4) is 0 Å². The molecule has 10 heterocycles. The van der Waals surface area contributed by atoms with Crippen LogP contribution in [0, 0.1) is 0 Å². The number of fused-ring (bicyclic) bond motifs is 4. The lowest BCUT2D eigenvalue weighted by atomic mass is 10.1. The van der Waals surface area contributed by atoms with Gasteiger partial charge in [-0.15, -0.1) is 20.4 Å². The quantitative estimate of drug-likeness (QED) is 0.159. The zero-order valence-electron chi connectivity index (χ0n) is 34.4. The van der Waals surface area contributed by atoms with Crippen LogP contribution in [0.2, 0.25) is 0 Å². The van der Waals surface area contributed by atoms with Crippen LogP contribution in [0.3, 0.4) is 0 Å². The molecule has 6 aliphatic heterocycles. The standard InChI is InChI=1S/2C18H26N6O6/c2*1-18(2)29-15-14(28-17(25-3)16(15)30-18)10-26-8-11-5-23(22-20-11)6-13-7-24-12(9-27-13)4-19-21-24/h2*4-5,13-17H,6-10H2,1-3H3/t2*13-,14-,15-,16-,17-/m00/s1. The van der Waals surface area contributed by atoms with Crippen molar-refractivity contribution in [1.82, 2.24) is 60.0 Å². The molecule has 4 fully saturated rings. The zero-order valence-corrected chi connectivity index (χ0v) is 34.4. The molecule has 0 radical (unpaired) electrons. The van der Waals surface area contributed by atoms with E-state index in [2.05, 4.69) is 41.2 Å². The van der Waals surface area contributed by atoms with Gasteiger partial charge in [-0.25, -0.2) is 18.7 Å². The summed E-state index contributed by atoms with van der Waals surface area (Å²) in [6.07, 6.45) is 4.61. The van der Waals surface area contributed by atoms with Crippen LogP contribution in [0.15, 0.2) is 24.8 Å². The molecule has 0 unspecified atom stereocenters. The predicted octanol–water partition coefficient (Wildman–Crippen LogP) is -0.247. The number of hydrogen-bond acceptors (Lipinski definition) is 20. The van der Waals surface area contributed by atoms with Gasteiger partial charge in [-0.2, -0.15) is 0 Å².